The molecule has 0 atom stereocenters. The second-order valence-electron chi connectivity index (χ2n) is 4.97. The fraction of sp³-hybridized carbons (Fsp3) is 0.769. The first kappa shape index (κ1) is 12.9. The van der Waals surface area contributed by atoms with Crippen molar-refractivity contribution in [3.05, 3.63) is 20.5 Å². The molecule has 0 aromatic carbocycles. The van der Waals surface area contributed by atoms with E-state index in [2.05, 4.69) is 34.9 Å². The van der Waals surface area contributed by atoms with Gasteiger partial charge in [0, 0.05) is 5.92 Å². The van der Waals surface area contributed by atoms with Gasteiger partial charge in [-0.05, 0) is 41.6 Å². The Kier molecular flexibility index (Phi) is 4.13. The van der Waals surface area contributed by atoms with Crippen LogP contribution in [0.1, 0.15) is 70.0 Å². The van der Waals surface area contributed by atoms with Crippen molar-refractivity contribution in [2.24, 2.45) is 0 Å². The van der Waals surface area contributed by atoms with E-state index in [9.17, 15) is 4.79 Å². The van der Waals surface area contributed by atoms with Crippen molar-refractivity contribution in [3.63, 3.8) is 0 Å². The average molecular weight is 301 g/mol. The highest BCUT2D eigenvalue weighted by Crippen LogP contribution is 2.35. The first-order valence-corrected chi connectivity index (χ1v) is 7.48. The molecule has 1 aliphatic carbocycles. The molecule has 1 saturated carbocycles. The summed E-state index contributed by atoms with van der Waals surface area (Å²) in [5.74, 6) is 0.549. The Morgan fingerprint density at radius 3 is 2.47 bits per heavy atom. The molecular weight excluding hydrogens is 280 g/mol. The number of halogens is 1. The standard InChI is InChI=1S/C13H21BrN2O/c1-3-10(4-2)16-13(17)11(14)12(15-16)9-7-5-6-8-9/h9-10,15H,3-8H2,1-2H3. The molecule has 1 aromatic heterocycles. The summed E-state index contributed by atoms with van der Waals surface area (Å²) in [5, 5.41) is 3.35. The predicted molar refractivity (Wildman–Crippen MR) is 73.6 cm³/mol. The molecule has 0 unspecified atom stereocenters. The second-order valence-corrected chi connectivity index (χ2v) is 5.76. The summed E-state index contributed by atoms with van der Waals surface area (Å²) >= 11 is 3.47. The molecule has 0 aliphatic heterocycles. The van der Waals surface area contributed by atoms with Gasteiger partial charge in [0.05, 0.1) is 11.7 Å². The van der Waals surface area contributed by atoms with Crippen molar-refractivity contribution < 1.29 is 0 Å². The number of aromatic nitrogens is 2. The van der Waals surface area contributed by atoms with E-state index in [0.29, 0.717) is 12.0 Å². The highest BCUT2D eigenvalue weighted by Gasteiger charge is 2.25. The molecule has 96 valence electrons. The van der Waals surface area contributed by atoms with Crippen LogP contribution >= 0.6 is 15.9 Å². The number of rotatable bonds is 4. The predicted octanol–water partition coefficient (Wildman–Crippen LogP) is 3.96. The quantitative estimate of drug-likeness (QED) is 0.898. The maximum Gasteiger partial charge on any atom is 0.281 e. The molecule has 0 radical (unpaired) electrons. The van der Waals surface area contributed by atoms with Crippen LogP contribution in [-0.2, 0) is 0 Å². The smallest absolute Gasteiger partial charge is 0.281 e. The lowest BCUT2D eigenvalue weighted by atomic mass is 10.1. The number of nitrogens with zero attached hydrogens (tertiary/aromatic N) is 1. The van der Waals surface area contributed by atoms with Gasteiger partial charge in [-0.15, -0.1) is 0 Å². The Morgan fingerprint density at radius 2 is 1.94 bits per heavy atom. The molecule has 0 bridgehead atoms. The first-order chi connectivity index (χ1) is 8.19. The third-order valence-corrected chi connectivity index (χ3v) is 4.72. The van der Waals surface area contributed by atoms with E-state index in [1.54, 1.807) is 0 Å². The van der Waals surface area contributed by atoms with Crippen molar-refractivity contribution >= 4 is 15.9 Å². The van der Waals surface area contributed by atoms with Gasteiger partial charge in [0.1, 0.15) is 4.47 Å². The van der Waals surface area contributed by atoms with Crippen LogP contribution in [-0.4, -0.2) is 9.78 Å². The minimum Gasteiger partial charge on any atom is -0.298 e. The zero-order valence-electron chi connectivity index (χ0n) is 10.6. The molecular formula is C13H21BrN2O. The van der Waals surface area contributed by atoms with Crippen molar-refractivity contribution in [3.8, 4) is 0 Å². The van der Waals surface area contributed by atoms with E-state index < -0.39 is 0 Å². The number of hydrogen-bond donors (Lipinski definition) is 1. The summed E-state index contributed by atoms with van der Waals surface area (Å²) in [6.45, 7) is 4.26. The van der Waals surface area contributed by atoms with Crippen LogP contribution in [0.3, 0.4) is 0 Å². The molecule has 3 nitrogen and oxygen atoms in total. The topological polar surface area (TPSA) is 37.8 Å². The SMILES string of the molecule is CCC(CC)n1[nH]c(C2CCCC2)c(Br)c1=O. The molecule has 1 heterocycles. The Labute approximate surface area is 111 Å². The normalized spacial score (nSPS) is 17.2. The number of hydrogen-bond acceptors (Lipinski definition) is 1. The van der Waals surface area contributed by atoms with E-state index in [1.165, 1.54) is 25.7 Å². The van der Waals surface area contributed by atoms with Gasteiger partial charge in [-0.3, -0.25) is 9.89 Å². The van der Waals surface area contributed by atoms with Gasteiger partial charge in [-0.2, -0.15) is 0 Å². The molecule has 17 heavy (non-hydrogen) atoms. The minimum absolute atomic E-state index is 0.112. The van der Waals surface area contributed by atoms with Gasteiger partial charge in [0.15, 0.2) is 0 Å². The highest BCUT2D eigenvalue weighted by atomic mass is 79.9. The molecule has 0 saturated heterocycles. The lowest BCUT2D eigenvalue weighted by Gasteiger charge is -2.13. The lowest BCUT2D eigenvalue weighted by Crippen LogP contribution is -2.21. The van der Waals surface area contributed by atoms with Crippen LogP contribution in [0.2, 0.25) is 0 Å². The van der Waals surface area contributed by atoms with Crippen molar-refractivity contribution in [2.45, 2.75) is 64.3 Å². The minimum atomic E-state index is 0.112. The largest absolute Gasteiger partial charge is 0.298 e. The lowest BCUT2D eigenvalue weighted by molar-refractivity contribution is 0.412. The van der Waals surface area contributed by atoms with Crippen molar-refractivity contribution in [1.29, 1.82) is 0 Å². The van der Waals surface area contributed by atoms with Crippen LogP contribution in [0.25, 0.3) is 0 Å². The van der Waals surface area contributed by atoms with Crippen LogP contribution in [0.15, 0.2) is 9.27 Å². The monoisotopic (exact) mass is 300 g/mol. The van der Waals surface area contributed by atoms with E-state index in [1.807, 2.05) is 4.68 Å². The van der Waals surface area contributed by atoms with Gasteiger partial charge < -0.3 is 0 Å². The van der Waals surface area contributed by atoms with E-state index >= 15 is 0 Å². The van der Waals surface area contributed by atoms with Gasteiger partial charge in [-0.25, -0.2) is 4.68 Å². The fourth-order valence-electron chi connectivity index (χ4n) is 2.85. The molecule has 2 rings (SSSR count). The average Bonchev–Trinajstić information content (AvgIpc) is 2.94. The van der Waals surface area contributed by atoms with Crippen molar-refractivity contribution in [2.75, 3.05) is 0 Å². The summed E-state index contributed by atoms with van der Waals surface area (Å²) in [5.41, 5.74) is 1.24. The zero-order chi connectivity index (χ0) is 12.4. The van der Waals surface area contributed by atoms with E-state index in [4.69, 9.17) is 0 Å². The summed E-state index contributed by atoms with van der Waals surface area (Å²) in [6.07, 6.45) is 6.98. The number of aromatic amines is 1. The van der Waals surface area contributed by atoms with Crippen LogP contribution in [0.4, 0.5) is 0 Å². The number of nitrogens with one attached hydrogen (secondary N) is 1. The second kappa shape index (κ2) is 5.42. The molecule has 1 fully saturated rings. The Bertz CT molecular complexity index is 425. The third-order valence-electron chi connectivity index (χ3n) is 3.96. The van der Waals surface area contributed by atoms with Crippen molar-refractivity contribution in [1.82, 2.24) is 9.78 Å². The fourth-order valence-corrected chi connectivity index (χ4v) is 3.45. The molecule has 1 aromatic rings. The molecule has 0 amide bonds. The molecule has 4 heteroatoms. The Morgan fingerprint density at radius 1 is 1.35 bits per heavy atom. The van der Waals surface area contributed by atoms with Crippen LogP contribution < -0.4 is 5.56 Å². The molecule has 0 spiro atoms. The summed E-state index contributed by atoms with van der Waals surface area (Å²) in [7, 11) is 0. The highest BCUT2D eigenvalue weighted by molar-refractivity contribution is 9.10. The maximum atomic E-state index is 12.2. The van der Waals surface area contributed by atoms with E-state index in [-0.39, 0.29) is 5.56 Å². The van der Waals surface area contributed by atoms with Crippen LogP contribution in [0, 0.1) is 0 Å². The summed E-state index contributed by atoms with van der Waals surface area (Å²) < 4.78 is 2.58. The van der Waals surface area contributed by atoms with Gasteiger partial charge >= 0.3 is 0 Å². The maximum absolute atomic E-state index is 12.2. The third kappa shape index (κ3) is 2.37. The zero-order valence-corrected chi connectivity index (χ0v) is 12.2. The first-order valence-electron chi connectivity index (χ1n) is 6.68. The van der Waals surface area contributed by atoms with Gasteiger partial charge in [0.2, 0.25) is 0 Å². The molecule has 1 N–H and O–H groups in total. The Hall–Kier alpha value is -0.510. The van der Waals surface area contributed by atoms with Gasteiger partial charge in [-0.1, -0.05) is 26.7 Å². The van der Waals surface area contributed by atoms with Gasteiger partial charge in [0.25, 0.3) is 5.56 Å². The van der Waals surface area contributed by atoms with Crippen LogP contribution in [0.5, 0.6) is 0 Å². The molecule has 1 aliphatic rings. The number of H-pyrrole nitrogens is 1. The summed E-state index contributed by atoms with van der Waals surface area (Å²) in [4.78, 5) is 12.2. The summed E-state index contributed by atoms with van der Waals surface area (Å²) in [6, 6.07) is 0.300. The Balaban J connectivity index is 2.36. The van der Waals surface area contributed by atoms with E-state index in [0.717, 1.165) is 23.0 Å².